The summed E-state index contributed by atoms with van der Waals surface area (Å²) in [4.78, 5) is 26.3. The molecule has 0 unspecified atom stereocenters. The van der Waals surface area contributed by atoms with Crippen LogP contribution in [0.3, 0.4) is 0 Å². The van der Waals surface area contributed by atoms with Gasteiger partial charge in [0.05, 0.1) is 0 Å². The van der Waals surface area contributed by atoms with E-state index in [0.29, 0.717) is 12.1 Å². The van der Waals surface area contributed by atoms with Crippen LogP contribution in [0.5, 0.6) is 0 Å². The normalized spacial score (nSPS) is 10.2. The van der Waals surface area contributed by atoms with Gasteiger partial charge in [-0.25, -0.2) is 9.78 Å². The van der Waals surface area contributed by atoms with Gasteiger partial charge < -0.3 is 10.4 Å². The molecule has 19 heavy (non-hydrogen) atoms. The molecule has 1 amide bonds. The molecule has 6 heteroatoms. The van der Waals surface area contributed by atoms with Gasteiger partial charge in [0.1, 0.15) is 5.69 Å². The van der Waals surface area contributed by atoms with Crippen LogP contribution in [0.15, 0.2) is 29.1 Å². The number of hydrogen-bond acceptors (Lipinski definition) is 4. The number of carbonyl (C=O) groups excluding carboxylic acids is 1. The van der Waals surface area contributed by atoms with Crippen molar-refractivity contribution in [2.75, 3.05) is 0 Å². The fourth-order valence-electron chi connectivity index (χ4n) is 1.53. The summed E-state index contributed by atoms with van der Waals surface area (Å²) >= 11 is 1.58. The average Bonchev–Trinajstić information content (AvgIpc) is 2.81. The van der Waals surface area contributed by atoms with E-state index in [1.165, 1.54) is 18.3 Å². The minimum absolute atomic E-state index is 0.139. The summed E-state index contributed by atoms with van der Waals surface area (Å²) in [5, 5.41) is 15.6. The molecule has 0 aliphatic heterocycles. The molecule has 0 saturated heterocycles. The third-order valence-electron chi connectivity index (χ3n) is 2.64. The molecule has 0 aromatic carbocycles. The quantitative estimate of drug-likeness (QED) is 0.896. The van der Waals surface area contributed by atoms with Crippen molar-refractivity contribution in [2.45, 2.75) is 13.5 Å². The number of aromatic nitrogens is 1. The minimum atomic E-state index is -1.15. The van der Waals surface area contributed by atoms with E-state index in [4.69, 9.17) is 5.11 Å². The van der Waals surface area contributed by atoms with Crippen LogP contribution in [0.25, 0.3) is 0 Å². The van der Waals surface area contributed by atoms with E-state index in [-0.39, 0.29) is 11.6 Å². The number of nitrogens with one attached hydrogen (secondary N) is 1. The molecule has 2 N–H and O–H groups in total. The van der Waals surface area contributed by atoms with Crippen molar-refractivity contribution in [3.63, 3.8) is 0 Å². The third kappa shape index (κ3) is 3.17. The van der Waals surface area contributed by atoms with Crippen molar-refractivity contribution in [2.24, 2.45) is 0 Å². The lowest BCUT2D eigenvalue weighted by molar-refractivity contribution is 0.0690. The monoisotopic (exact) mass is 276 g/mol. The summed E-state index contributed by atoms with van der Waals surface area (Å²) in [6, 6.07) is 2.75. The smallest absolute Gasteiger partial charge is 0.354 e. The molecule has 0 radical (unpaired) electrons. The topological polar surface area (TPSA) is 79.3 Å². The lowest BCUT2D eigenvalue weighted by Crippen LogP contribution is -2.23. The molecule has 0 spiro atoms. The number of carbonyl (C=O) groups is 2. The highest BCUT2D eigenvalue weighted by Gasteiger charge is 2.10. The molecule has 0 bridgehead atoms. The maximum atomic E-state index is 11.9. The van der Waals surface area contributed by atoms with Crippen molar-refractivity contribution >= 4 is 23.2 Å². The van der Waals surface area contributed by atoms with Crippen LogP contribution >= 0.6 is 11.3 Å². The molecule has 0 atom stereocenters. The zero-order valence-corrected chi connectivity index (χ0v) is 11.0. The van der Waals surface area contributed by atoms with Gasteiger partial charge in [-0.1, -0.05) is 0 Å². The number of carboxylic acids is 1. The Labute approximate surface area is 113 Å². The van der Waals surface area contributed by atoms with Crippen LogP contribution in [0.2, 0.25) is 0 Å². The number of hydrogen-bond donors (Lipinski definition) is 2. The summed E-state index contributed by atoms with van der Waals surface area (Å²) < 4.78 is 0. The van der Waals surface area contributed by atoms with Gasteiger partial charge in [-0.05, 0) is 40.9 Å². The highest BCUT2D eigenvalue weighted by atomic mass is 32.1. The van der Waals surface area contributed by atoms with E-state index >= 15 is 0 Å². The second-order valence-electron chi connectivity index (χ2n) is 4.00. The van der Waals surface area contributed by atoms with Gasteiger partial charge in [0.2, 0.25) is 0 Å². The number of pyridine rings is 1. The maximum absolute atomic E-state index is 11.9. The lowest BCUT2D eigenvalue weighted by Gasteiger charge is -2.05. The first kappa shape index (κ1) is 13.2. The van der Waals surface area contributed by atoms with E-state index in [2.05, 4.69) is 10.3 Å². The average molecular weight is 276 g/mol. The van der Waals surface area contributed by atoms with E-state index in [1.54, 1.807) is 11.3 Å². The number of aromatic carboxylic acids is 1. The Morgan fingerprint density at radius 1 is 1.42 bits per heavy atom. The van der Waals surface area contributed by atoms with Gasteiger partial charge in [0.15, 0.2) is 0 Å². The molecule has 0 fully saturated rings. The van der Waals surface area contributed by atoms with Gasteiger partial charge in [0, 0.05) is 18.3 Å². The first-order valence-electron chi connectivity index (χ1n) is 5.57. The first-order chi connectivity index (χ1) is 9.08. The van der Waals surface area contributed by atoms with Crippen molar-refractivity contribution in [3.05, 3.63) is 51.5 Å². The Morgan fingerprint density at radius 3 is 2.84 bits per heavy atom. The summed E-state index contributed by atoms with van der Waals surface area (Å²) in [6.45, 7) is 2.41. The molecule has 0 saturated carbocycles. The van der Waals surface area contributed by atoms with Crippen molar-refractivity contribution in [1.29, 1.82) is 0 Å². The molecular formula is C13H12N2O3S. The zero-order valence-electron chi connectivity index (χ0n) is 10.2. The van der Waals surface area contributed by atoms with Crippen LogP contribution in [-0.2, 0) is 6.54 Å². The summed E-state index contributed by atoms with van der Waals surface area (Å²) in [5.41, 5.74) is 2.34. The summed E-state index contributed by atoms with van der Waals surface area (Å²) in [6.07, 6.45) is 1.31. The Balaban J connectivity index is 2.06. The van der Waals surface area contributed by atoms with E-state index in [9.17, 15) is 9.59 Å². The molecule has 0 aliphatic rings. The van der Waals surface area contributed by atoms with Gasteiger partial charge in [-0.3, -0.25) is 4.79 Å². The fourth-order valence-corrected chi connectivity index (χ4v) is 2.39. The largest absolute Gasteiger partial charge is 0.477 e. The Hall–Kier alpha value is -2.21. The van der Waals surface area contributed by atoms with Gasteiger partial charge in [-0.2, -0.15) is 11.3 Å². The molecule has 0 aliphatic carbocycles. The van der Waals surface area contributed by atoms with Crippen molar-refractivity contribution in [1.82, 2.24) is 10.3 Å². The number of amides is 1. The molecule has 2 heterocycles. The van der Waals surface area contributed by atoms with Gasteiger partial charge in [-0.15, -0.1) is 0 Å². The lowest BCUT2D eigenvalue weighted by atomic mass is 10.2. The summed E-state index contributed by atoms with van der Waals surface area (Å²) in [5.74, 6) is -1.46. The van der Waals surface area contributed by atoms with E-state index < -0.39 is 5.97 Å². The highest BCUT2D eigenvalue weighted by molar-refractivity contribution is 7.08. The predicted molar refractivity (Wildman–Crippen MR) is 71.4 cm³/mol. The van der Waals surface area contributed by atoms with Crippen LogP contribution in [-0.4, -0.2) is 22.0 Å². The maximum Gasteiger partial charge on any atom is 0.354 e. The van der Waals surface area contributed by atoms with E-state index in [1.807, 2.05) is 17.7 Å². The van der Waals surface area contributed by atoms with Crippen LogP contribution in [0.1, 0.15) is 32.0 Å². The van der Waals surface area contributed by atoms with Crippen molar-refractivity contribution < 1.29 is 14.7 Å². The standard InChI is InChI=1S/C13H12N2O3S/c1-8-6-19-7-10(8)5-15-12(16)9-2-3-14-11(4-9)13(17)18/h2-4,6-7H,5H2,1H3,(H,15,16)(H,17,18). The molecule has 5 nitrogen and oxygen atoms in total. The van der Waals surface area contributed by atoms with Crippen LogP contribution < -0.4 is 5.32 Å². The van der Waals surface area contributed by atoms with Gasteiger partial charge in [0.25, 0.3) is 5.91 Å². The Kier molecular flexibility index (Phi) is 3.91. The second-order valence-corrected chi connectivity index (χ2v) is 4.74. The highest BCUT2D eigenvalue weighted by Crippen LogP contribution is 2.13. The number of carboxylic acid groups (broad SMARTS) is 1. The molecule has 2 aromatic rings. The first-order valence-corrected chi connectivity index (χ1v) is 6.51. The minimum Gasteiger partial charge on any atom is -0.477 e. The molecular weight excluding hydrogens is 264 g/mol. The Morgan fingerprint density at radius 2 is 2.21 bits per heavy atom. The van der Waals surface area contributed by atoms with E-state index in [0.717, 1.165) is 11.1 Å². The molecule has 98 valence electrons. The fraction of sp³-hybridized carbons (Fsp3) is 0.154. The molecule has 2 rings (SSSR count). The summed E-state index contributed by atoms with van der Waals surface area (Å²) in [7, 11) is 0. The zero-order chi connectivity index (χ0) is 13.8. The SMILES string of the molecule is Cc1cscc1CNC(=O)c1ccnc(C(=O)O)c1. The number of thiophene rings is 1. The van der Waals surface area contributed by atoms with Crippen LogP contribution in [0.4, 0.5) is 0 Å². The number of aryl methyl sites for hydroxylation is 1. The van der Waals surface area contributed by atoms with Crippen molar-refractivity contribution in [3.8, 4) is 0 Å². The van der Waals surface area contributed by atoms with Gasteiger partial charge >= 0.3 is 5.97 Å². The second kappa shape index (κ2) is 5.62. The molecule has 2 aromatic heterocycles. The number of rotatable bonds is 4. The third-order valence-corrected chi connectivity index (χ3v) is 3.55. The Bertz CT molecular complexity index is 622. The number of nitrogens with zero attached hydrogens (tertiary/aromatic N) is 1. The van der Waals surface area contributed by atoms with Crippen LogP contribution in [0, 0.1) is 6.92 Å². The predicted octanol–water partition coefficient (Wildman–Crippen LogP) is 2.08.